The van der Waals surface area contributed by atoms with E-state index < -0.39 is 0 Å². The van der Waals surface area contributed by atoms with Crippen molar-refractivity contribution in [2.24, 2.45) is 0 Å². The lowest BCUT2D eigenvalue weighted by molar-refractivity contribution is 0.102. The van der Waals surface area contributed by atoms with E-state index in [2.05, 4.69) is 15.3 Å². The molecule has 3 aromatic rings. The highest BCUT2D eigenvalue weighted by Gasteiger charge is 2.08. The van der Waals surface area contributed by atoms with Crippen LogP contribution in [-0.2, 0) is 0 Å². The van der Waals surface area contributed by atoms with Gasteiger partial charge in [-0.05, 0) is 30.3 Å². The number of rotatable bonds is 3. The maximum atomic E-state index is 12.0. The van der Waals surface area contributed by atoms with Crippen LogP contribution in [0.1, 0.15) is 10.4 Å². The zero-order valence-electron chi connectivity index (χ0n) is 10.9. The molecule has 1 amide bonds. The molecule has 1 aromatic carbocycles. The number of nitrogens with zero attached hydrogens (tertiary/aromatic N) is 2. The van der Waals surface area contributed by atoms with Crippen molar-refractivity contribution in [2.45, 2.75) is 0 Å². The predicted molar refractivity (Wildman–Crippen MR) is 75.8 cm³/mol. The highest BCUT2D eigenvalue weighted by molar-refractivity contribution is 6.04. The molecule has 104 valence electrons. The minimum Gasteiger partial charge on any atom is -0.506 e. The van der Waals surface area contributed by atoms with E-state index in [1.54, 1.807) is 18.3 Å². The smallest absolute Gasteiger partial charge is 0.257 e. The van der Waals surface area contributed by atoms with Crippen LogP contribution in [-0.4, -0.2) is 21.0 Å². The van der Waals surface area contributed by atoms with Gasteiger partial charge in [0, 0.05) is 17.4 Å². The normalized spacial score (nSPS) is 10.3. The van der Waals surface area contributed by atoms with Crippen LogP contribution in [0, 0.1) is 0 Å². The number of oxazole rings is 1. The maximum absolute atomic E-state index is 12.0. The number of hydrogen-bond acceptors (Lipinski definition) is 5. The first-order valence-corrected chi connectivity index (χ1v) is 6.17. The lowest BCUT2D eigenvalue weighted by Gasteiger charge is -2.06. The number of nitrogens with one attached hydrogen (secondary N) is 1. The van der Waals surface area contributed by atoms with Gasteiger partial charge in [-0.15, -0.1) is 0 Å². The molecule has 2 aromatic heterocycles. The molecule has 6 heteroatoms. The molecule has 0 unspecified atom stereocenters. The fourth-order valence-electron chi connectivity index (χ4n) is 1.83. The van der Waals surface area contributed by atoms with Gasteiger partial charge >= 0.3 is 0 Å². The van der Waals surface area contributed by atoms with E-state index in [-0.39, 0.29) is 17.2 Å². The average Bonchev–Trinajstić information content (AvgIpc) is 3.02. The second-order valence-electron chi connectivity index (χ2n) is 4.33. The third-order valence-corrected chi connectivity index (χ3v) is 2.85. The summed E-state index contributed by atoms with van der Waals surface area (Å²) < 4.78 is 5.19. The Morgan fingerprint density at radius 3 is 2.57 bits per heavy atom. The number of hydrogen-bond donors (Lipinski definition) is 2. The summed E-state index contributed by atoms with van der Waals surface area (Å²) in [5.74, 6) is 0.263. The van der Waals surface area contributed by atoms with Crippen LogP contribution in [0.3, 0.4) is 0 Å². The fourth-order valence-corrected chi connectivity index (χ4v) is 1.83. The summed E-state index contributed by atoms with van der Waals surface area (Å²) in [6.07, 6.45) is 5.63. The molecule has 0 saturated heterocycles. The van der Waals surface area contributed by atoms with E-state index in [1.807, 2.05) is 12.1 Å². The molecule has 0 bridgehead atoms. The van der Waals surface area contributed by atoms with E-state index in [1.165, 1.54) is 24.9 Å². The van der Waals surface area contributed by atoms with Crippen molar-refractivity contribution in [3.05, 3.63) is 60.9 Å². The molecule has 0 spiro atoms. The molecule has 3 rings (SSSR count). The van der Waals surface area contributed by atoms with Crippen molar-refractivity contribution in [1.82, 2.24) is 9.97 Å². The summed E-state index contributed by atoms with van der Waals surface area (Å²) in [6.45, 7) is 0. The Bertz CT molecular complexity index is 752. The third-order valence-electron chi connectivity index (χ3n) is 2.85. The van der Waals surface area contributed by atoms with Crippen molar-refractivity contribution < 1.29 is 14.3 Å². The van der Waals surface area contributed by atoms with Gasteiger partial charge < -0.3 is 14.8 Å². The second kappa shape index (κ2) is 5.46. The molecule has 0 aliphatic carbocycles. The minimum absolute atomic E-state index is 0.0525. The molecule has 0 fully saturated rings. The Hall–Kier alpha value is -3.15. The Morgan fingerprint density at radius 1 is 1.10 bits per heavy atom. The van der Waals surface area contributed by atoms with Crippen LogP contribution in [0.4, 0.5) is 5.69 Å². The lowest BCUT2D eigenvalue weighted by Crippen LogP contribution is -2.11. The highest BCUT2D eigenvalue weighted by Crippen LogP contribution is 2.21. The summed E-state index contributed by atoms with van der Waals surface area (Å²) >= 11 is 0. The predicted octanol–water partition coefficient (Wildman–Crippen LogP) is 2.69. The summed E-state index contributed by atoms with van der Waals surface area (Å²) in [7, 11) is 0. The minimum atomic E-state index is -0.342. The molecule has 0 atom stereocenters. The van der Waals surface area contributed by atoms with Gasteiger partial charge in [0.05, 0.1) is 18.0 Å². The largest absolute Gasteiger partial charge is 0.506 e. The van der Waals surface area contributed by atoms with Crippen LogP contribution < -0.4 is 5.32 Å². The monoisotopic (exact) mass is 281 g/mol. The van der Waals surface area contributed by atoms with Crippen molar-refractivity contribution in [3.63, 3.8) is 0 Å². The molecular formula is C15H11N3O3. The van der Waals surface area contributed by atoms with Crippen LogP contribution in [0.2, 0.25) is 0 Å². The summed E-state index contributed by atoms with van der Waals surface area (Å²) in [4.78, 5) is 19.6. The van der Waals surface area contributed by atoms with E-state index in [0.717, 1.165) is 5.56 Å². The van der Waals surface area contributed by atoms with Crippen molar-refractivity contribution in [1.29, 1.82) is 0 Å². The van der Waals surface area contributed by atoms with Crippen LogP contribution in [0.25, 0.3) is 11.3 Å². The number of aromatic nitrogens is 2. The van der Waals surface area contributed by atoms with Gasteiger partial charge in [0.2, 0.25) is 0 Å². The van der Waals surface area contributed by atoms with Crippen LogP contribution >= 0.6 is 0 Å². The Kier molecular flexibility index (Phi) is 3.34. The maximum Gasteiger partial charge on any atom is 0.257 e. The van der Waals surface area contributed by atoms with Crippen molar-refractivity contribution >= 4 is 11.6 Å². The molecular weight excluding hydrogens is 270 g/mol. The van der Waals surface area contributed by atoms with Gasteiger partial charge in [-0.2, -0.15) is 0 Å². The number of aromatic hydroxyl groups is 1. The molecule has 0 aliphatic heterocycles. The van der Waals surface area contributed by atoms with Gasteiger partial charge in [0.1, 0.15) is 5.75 Å². The van der Waals surface area contributed by atoms with E-state index in [4.69, 9.17) is 4.42 Å². The quantitative estimate of drug-likeness (QED) is 0.770. The van der Waals surface area contributed by atoms with E-state index in [0.29, 0.717) is 11.4 Å². The number of benzene rings is 1. The summed E-state index contributed by atoms with van der Waals surface area (Å²) in [5, 5.41) is 12.0. The van der Waals surface area contributed by atoms with Crippen LogP contribution in [0.5, 0.6) is 5.75 Å². The SMILES string of the molecule is O=C(Nc1ccc(-c2cnco2)cc1)c1cncc(O)c1. The standard InChI is InChI=1S/C15H11N3O3/c19-13-5-11(6-16-7-13)15(20)18-12-3-1-10(2-4-12)14-8-17-9-21-14/h1-9,19H,(H,18,20). The molecule has 6 nitrogen and oxygen atoms in total. The van der Waals surface area contributed by atoms with E-state index in [9.17, 15) is 9.90 Å². The molecule has 0 saturated carbocycles. The van der Waals surface area contributed by atoms with E-state index >= 15 is 0 Å². The topological polar surface area (TPSA) is 88.3 Å². The first kappa shape index (κ1) is 12.9. The second-order valence-corrected chi connectivity index (χ2v) is 4.33. The highest BCUT2D eigenvalue weighted by atomic mass is 16.3. The third kappa shape index (κ3) is 2.89. The zero-order chi connectivity index (χ0) is 14.7. The number of carbonyl (C=O) groups excluding carboxylic acids is 1. The van der Waals surface area contributed by atoms with Gasteiger partial charge in [-0.1, -0.05) is 0 Å². The van der Waals surface area contributed by atoms with Gasteiger partial charge in [0.15, 0.2) is 12.2 Å². The first-order valence-electron chi connectivity index (χ1n) is 6.17. The molecule has 21 heavy (non-hydrogen) atoms. The Labute approximate surface area is 120 Å². The van der Waals surface area contributed by atoms with Crippen molar-refractivity contribution in [2.75, 3.05) is 5.32 Å². The van der Waals surface area contributed by atoms with Crippen LogP contribution in [0.15, 0.2) is 59.7 Å². The number of amides is 1. The summed E-state index contributed by atoms with van der Waals surface area (Å²) in [6, 6.07) is 8.50. The van der Waals surface area contributed by atoms with Crippen molar-refractivity contribution in [3.8, 4) is 17.1 Å². The zero-order valence-corrected chi connectivity index (χ0v) is 10.9. The molecule has 2 heterocycles. The molecule has 0 radical (unpaired) electrons. The van der Waals surface area contributed by atoms with Gasteiger partial charge in [0.25, 0.3) is 5.91 Å². The molecule has 0 aliphatic rings. The average molecular weight is 281 g/mol. The molecule has 2 N–H and O–H groups in total. The Balaban J connectivity index is 1.75. The Morgan fingerprint density at radius 2 is 1.90 bits per heavy atom. The fraction of sp³-hybridized carbons (Fsp3) is 0. The first-order chi connectivity index (χ1) is 10.2. The number of anilines is 1. The number of pyridine rings is 1. The number of carbonyl (C=O) groups is 1. The lowest BCUT2D eigenvalue weighted by atomic mass is 10.1. The van der Waals surface area contributed by atoms with Gasteiger partial charge in [-0.3, -0.25) is 9.78 Å². The summed E-state index contributed by atoms with van der Waals surface area (Å²) in [5.41, 5.74) is 1.78. The van der Waals surface area contributed by atoms with Gasteiger partial charge in [-0.25, -0.2) is 4.98 Å².